The largest absolute Gasteiger partial charge is 0.326 e. The van der Waals surface area contributed by atoms with E-state index in [0.29, 0.717) is 6.54 Å². The first kappa shape index (κ1) is 12.4. The molecule has 0 radical (unpaired) electrons. The molecular weight excluding hydrogens is 294 g/mol. The van der Waals surface area contributed by atoms with E-state index in [2.05, 4.69) is 26.6 Å². The second-order valence-corrected chi connectivity index (χ2v) is 4.79. The van der Waals surface area contributed by atoms with Gasteiger partial charge in [-0.1, -0.05) is 0 Å². The van der Waals surface area contributed by atoms with E-state index in [1.54, 1.807) is 0 Å². The summed E-state index contributed by atoms with van der Waals surface area (Å²) in [5.41, 5.74) is 0.257. The lowest BCUT2D eigenvalue weighted by atomic mass is 10.1. The summed E-state index contributed by atoms with van der Waals surface area (Å²) >= 11 is 2.89. The Morgan fingerprint density at radius 2 is 2.24 bits per heavy atom. The minimum atomic E-state index is -0.987. The number of hydrogen-bond donors (Lipinski definition) is 2. The van der Waals surface area contributed by atoms with Crippen LogP contribution < -0.4 is 10.6 Å². The summed E-state index contributed by atoms with van der Waals surface area (Å²) < 4.78 is 26.1. The summed E-state index contributed by atoms with van der Waals surface area (Å²) in [5, 5.41) is 5.64. The molecule has 6 heteroatoms. The topological polar surface area (TPSA) is 41.1 Å². The molecule has 1 amide bonds. The van der Waals surface area contributed by atoms with Crippen molar-refractivity contribution in [2.45, 2.75) is 6.42 Å². The highest BCUT2D eigenvalue weighted by atomic mass is 79.9. The Labute approximate surface area is 106 Å². The lowest BCUT2D eigenvalue weighted by Gasteiger charge is -2.10. The number of nitrogens with one attached hydrogen (secondary N) is 2. The minimum Gasteiger partial charge on any atom is -0.326 e. The molecule has 1 aliphatic heterocycles. The molecule has 2 rings (SSSR count). The lowest BCUT2D eigenvalue weighted by molar-refractivity contribution is -0.119. The number of carbonyl (C=O) groups excluding carboxylic acids is 1. The fourth-order valence-corrected chi connectivity index (χ4v) is 2.19. The first-order valence-corrected chi connectivity index (χ1v) is 6.03. The van der Waals surface area contributed by atoms with Crippen LogP contribution in [0.15, 0.2) is 16.6 Å². The van der Waals surface area contributed by atoms with Gasteiger partial charge in [-0.25, -0.2) is 8.78 Å². The SMILES string of the molecule is O=C(Nc1cc(F)c(F)c(Br)c1)C1CCNC1. The maximum atomic E-state index is 13.1. The van der Waals surface area contributed by atoms with Gasteiger partial charge in [-0.2, -0.15) is 0 Å². The maximum Gasteiger partial charge on any atom is 0.228 e. The van der Waals surface area contributed by atoms with Gasteiger partial charge in [-0.15, -0.1) is 0 Å². The second-order valence-electron chi connectivity index (χ2n) is 3.93. The molecule has 1 saturated heterocycles. The van der Waals surface area contributed by atoms with Crippen LogP contribution in [0.1, 0.15) is 6.42 Å². The quantitative estimate of drug-likeness (QED) is 0.823. The van der Waals surface area contributed by atoms with Crippen LogP contribution in [-0.2, 0) is 4.79 Å². The van der Waals surface area contributed by atoms with E-state index in [0.717, 1.165) is 19.0 Å². The summed E-state index contributed by atoms with van der Waals surface area (Å²) in [5.74, 6) is -2.22. The van der Waals surface area contributed by atoms with Gasteiger partial charge in [0.05, 0.1) is 10.4 Å². The Bertz CT molecular complexity index is 424. The number of anilines is 1. The number of halogens is 3. The molecule has 2 N–H and O–H groups in total. The van der Waals surface area contributed by atoms with Crippen molar-refractivity contribution >= 4 is 27.5 Å². The summed E-state index contributed by atoms with van der Waals surface area (Å²) in [6, 6.07) is 2.32. The van der Waals surface area contributed by atoms with Crippen LogP contribution >= 0.6 is 15.9 Å². The number of carbonyl (C=O) groups is 1. The van der Waals surface area contributed by atoms with Crippen molar-refractivity contribution in [1.82, 2.24) is 5.32 Å². The molecule has 0 aromatic heterocycles. The van der Waals surface area contributed by atoms with E-state index in [1.807, 2.05) is 0 Å². The Balaban J connectivity index is 2.10. The average Bonchev–Trinajstić information content (AvgIpc) is 2.79. The van der Waals surface area contributed by atoms with E-state index in [1.165, 1.54) is 6.07 Å². The van der Waals surface area contributed by atoms with Gasteiger partial charge in [0.2, 0.25) is 5.91 Å². The van der Waals surface area contributed by atoms with Gasteiger partial charge in [-0.05, 0) is 35.0 Å². The van der Waals surface area contributed by atoms with Crippen molar-refractivity contribution in [2.24, 2.45) is 5.92 Å². The number of amides is 1. The zero-order valence-electron chi connectivity index (χ0n) is 8.90. The number of rotatable bonds is 2. The standard InChI is InChI=1S/C11H11BrF2N2O/c12-8-3-7(4-9(13)10(8)14)16-11(17)6-1-2-15-5-6/h3-4,6,15H,1-2,5H2,(H,16,17). The van der Waals surface area contributed by atoms with Gasteiger partial charge in [0, 0.05) is 18.3 Å². The zero-order chi connectivity index (χ0) is 12.4. The van der Waals surface area contributed by atoms with Gasteiger partial charge < -0.3 is 10.6 Å². The molecule has 1 aromatic rings. The predicted octanol–water partition coefficient (Wildman–Crippen LogP) is 2.28. The molecule has 1 heterocycles. The molecule has 1 aromatic carbocycles. The van der Waals surface area contributed by atoms with Gasteiger partial charge in [0.25, 0.3) is 0 Å². The Hall–Kier alpha value is -1.01. The average molecular weight is 305 g/mol. The smallest absolute Gasteiger partial charge is 0.228 e. The van der Waals surface area contributed by atoms with Crippen molar-refractivity contribution in [2.75, 3.05) is 18.4 Å². The predicted molar refractivity (Wildman–Crippen MR) is 63.7 cm³/mol. The molecule has 0 bridgehead atoms. The fourth-order valence-electron chi connectivity index (χ4n) is 1.75. The molecule has 1 atom stereocenters. The zero-order valence-corrected chi connectivity index (χ0v) is 10.5. The second kappa shape index (κ2) is 5.10. The summed E-state index contributed by atoms with van der Waals surface area (Å²) in [7, 11) is 0. The van der Waals surface area contributed by atoms with Gasteiger partial charge in [0.1, 0.15) is 0 Å². The highest BCUT2D eigenvalue weighted by Gasteiger charge is 2.22. The molecule has 1 aliphatic rings. The van der Waals surface area contributed by atoms with E-state index in [-0.39, 0.29) is 22.0 Å². The Morgan fingerprint density at radius 3 is 2.82 bits per heavy atom. The van der Waals surface area contributed by atoms with E-state index in [9.17, 15) is 13.6 Å². The molecule has 92 valence electrons. The number of benzene rings is 1. The summed E-state index contributed by atoms with van der Waals surface area (Å²) in [6.45, 7) is 1.43. The van der Waals surface area contributed by atoms with Crippen LogP contribution in [0.25, 0.3) is 0 Å². The van der Waals surface area contributed by atoms with E-state index in [4.69, 9.17) is 0 Å². The normalized spacial score (nSPS) is 19.4. The van der Waals surface area contributed by atoms with Crippen LogP contribution in [0, 0.1) is 17.6 Å². The third-order valence-corrected chi connectivity index (χ3v) is 3.26. The van der Waals surface area contributed by atoms with Gasteiger partial charge in [0.15, 0.2) is 11.6 Å². The van der Waals surface area contributed by atoms with Crippen molar-refractivity contribution < 1.29 is 13.6 Å². The van der Waals surface area contributed by atoms with Crippen LogP contribution in [-0.4, -0.2) is 19.0 Å². The van der Waals surface area contributed by atoms with E-state index < -0.39 is 11.6 Å². The van der Waals surface area contributed by atoms with E-state index >= 15 is 0 Å². The fraction of sp³-hybridized carbons (Fsp3) is 0.364. The van der Waals surface area contributed by atoms with Crippen molar-refractivity contribution in [1.29, 1.82) is 0 Å². The molecular formula is C11H11BrF2N2O. The molecule has 0 saturated carbocycles. The first-order chi connectivity index (χ1) is 8.08. The van der Waals surface area contributed by atoms with Crippen LogP contribution in [0.5, 0.6) is 0 Å². The highest BCUT2D eigenvalue weighted by Crippen LogP contribution is 2.24. The summed E-state index contributed by atoms with van der Waals surface area (Å²) in [6.07, 6.45) is 0.761. The van der Waals surface area contributed by atoms with Gasteiger partial charge in [-0.3, -0.25) is 4.79 Å². The minimum absolute atomic E-state index is 0.00246. The van der Waals surface area contributed by atoms with Crippen LogP contribution in [0.2, 0.25) is 0 Å². The summed E-state index contributed by atoms with van der Waals surface area (Å²) in [4.78, 5) is 11.7. The number of hydrogen-bond acceptors (Lipinski definition) is 2. The van der Waals surface area contributed by atoms with Crippen LogP contribution in [0.3, 0.4) is 0 Å². The van der Waals surface area contributed by atoms with Crippen molar-refractivity contribution in [3.05, 3.63) is 28.2 Å². The maximum absolute atomic E-state index is 13.1. The third kappa shape index (κ3) is 2.81. The molecule has 1 fully saturated rings. The van der Waals surface area contributed by atoms with Crippen molar-refractivity contribution in [3.8, 4) is 0 Å². The van der Waals surface area contributed by atoms with Crippen LogP contribution in [0.4, 0.5) is 14.5 Å². The first-order valence-electron chi connectivity index (χ1n) is 5.24. The Morgan fingerprint density at radius 1 is 1.47 bits per heavy atom. The lowest BCUT2D eigenvalue weighted by Crippen LogP contribution is -2.24. The monoisotopic (exact) mass is 304 g/mol. The molecule has 1 unspecified atom stereocenters. The molecule has 3 nitrogen and oxygen atoms in total. The molecule has 17 heavy (non-hydrogen) atoms. The third-order valence-electron chi connectivity index (χ3n) is 2.68. The Kier molecular flexibility index (Phi) is 3.73. The molecule has 0 spiro atoms. The highest BCUT2D eigenvalue weighted by molar-refractivity contribution is 9.10. The van der Waals surface area contributed by atoms with Gasteiger partial charge >= 0.3 is 0 Å². The van der Waals surface area contributed by atoms with Crippen molar-refractivity contribution in [3.63, 3.8) is 0 Å². The molecule has 0 aliphatic carbocycles.